The first-order valence-corrected chi connectivity index (χ1v) is 11.7. The molecule has 3 amide bonds. The number of amides is 3. The maximum atomic E-state index is 12.7. The molecule has 0 atom stereocenters. The summed E-state index contributed by atoms with van der Waals surface area (Å²) in [6.07, 6.45) is 3.28. The number of carbonyl (C=O) groups excluding carboxylic acids is 3. The first-order chi connectivity index (χ1) is 16.5. The summed E-state index contributed by atoms with van der Waals surface area (Å²) >= 11 is 0.819. The van der Waals surface area contributed by atoms with Crippen molar-refractivity contribution in [3.63, 3.8) is 0 Å². The molecule has 2 aromatic rings. The lowest BCUT2D eigenvalue weighted by Gasteiger charge is -2.28. The number of ether oxygens (including phenoxy) is 2. The van der Waals surface area contributed by atoms with Gasteiger partial charge in [-0.15, -0.1) is 0 Å². The number of carbonyl (C=O) groups is 3. The van der Waals surface area contributed by atoms with Crippen LogP contribution in [0.1, 0.15) is 5.56 Å². The molecule has 0 aliphatic carbocycles. The highest BCUT2D eigenvalue weighted by atomic mass is 32.2. The third-order valence-corrected chi connectivity index (χ3v) is 6.16. The van der Waals surface area contributed by atoms with Crippen molar-refractivity contribution >= 4 is 46.3 Å². The molecule has 176 valence electrons. The summed E-state index contributed by atoms with van der Waals surface area (Å²) in [6, 6.07) is 14.6. The molecule has 2 saturated heterocycles. The van der Waals surface area contributed by atoms with Crippen molar-refractivity contribution in [2.75, 3.05) is 49.7 Å². The molecular formula is C25H25N3O5S. The van der Waals surface area contributed by atoms with E-state index >= 15 is 0 Å². The average Bonchev–Trinajstić information content (AvgIpc) is 3.12. The summed E-state index contributed by atoms with van der Waals surface area (Å²) in [5.74, 6) is -0.244. The fraction of sp³-hybridized carbons (Fsp3) is 0.240. The van der Waals surface area contributed by atoms with Gasteiger partial charge in [-0.3, -0.25) is 19.3 Å². The van der Waals surface area contributed by atoms with E-state index in [2.05, 4.69) is 16.8 Å². The summed E-state index contributed by atoms with van der Waals surface area (Å²) < 4.78 is 10.8. The second-order valence-corrected chi connectivity index (χ2v) is 8.62. The Hall–Kier alpha value is -3.56. The van der Waals surface area contributed by atoms with Crippen molar-refractivity contribution in [2.45, 2.75) is 0 Å². The molecule has 0 unspecified atom stereocenters. The Balaban J connectivity index is 1.34. The Labute approximate surface area is 202 Å². The minimum Gasteiger partial charge on any atom is -0.490 e. The monoisotopic (exact) mass is 479 g/mol. The van der Waals surface area contributed by atoms with Gasteiger partial charge in [0.05, 0.1) is 18.1 Å². The fourth-order valence-corrected chi connectivity index (χ4v) is 4.36. The van der Waals surface area contributed by atoms with E-state index in [1.54, 1.807) is 48.6 Å². The number of hydrogen-bond donors (Lipinski definition) is 1. The van der Waals surface area contributed by atoms with Crippen LogP contribution in [0.4, 0.5) is 16.2 Å². The molecule has 2 heterocycles. The number of thioether (sulfide) groups is 1. The van der Waals surface area contributed by atoms with E-state index in [1.165, 1.54) is 0 Å². The van der Waals surface area contributed by atoms with Crippen molar-refractivity contribution in [1.29, 1.82) is 0 Å². The number of hydrogen-bond acceptors (Lipinski definition) is 7. The Bertz CT molecular complexity index is 1090. The quantitative estimate of drug-likeness (QED) is 0.456. The molecule has 2 aromatic carbocycles. The second kappa shape index (κ2) is 11.0. The van der Waals surface area contributed by atoms with E-state index in [4.69, 9.17) is 9.47 Å². The summed E-state index contributed by atoms with van der Waals surface area (Å²) in [5, 5.41) is 2.28. The van der Waals surface area contributed by atoms with Gasteiger partial charge in [-0.2, -0.15) is 0 Å². The molecule has 8 nitrogen and oxygen atoms in total. The van der Waals surface area contributed by atoms with E-state index < -0.39 is 17.1 Å². The van der Waals surface area contributed by atoms with Gasteiger partial charge in [-0.05, 0) is 59.8 Å². The van der Waals surface area contributed by atoms with Gasteiger partial charge in [-0.25, -0.2) is 0 Å². The normalized spacial score (nSPS) is 17.2. The molecule has 2 fully saturated rings. The van der Waals surface area contributed by atoms with Gasteiger partial charge in [-0.1, -0.05) is 24.8 Å². The minimum atomic E-state index is -0.486. The van der Waals surface area contributed by atoms with Crippen LogP contribution in [0.3, 0.4) is 0 Å². The third kappa shape index (κ3) is 5.86. The number of nitrogens with one attached hydrogen (secondary N) is 1. The highest BCUT2D eigenvalue weighted by Gasteiger charge is 2.36. The summed E-state index contributed by atoms with van der Waals surface area (Å²) in [6.45, 7) is 6.70. The largest absolute Gasteiger partial charge is 0.490 e. The molecule has 0 bridgehead atoms. The van der Waals surface area contributed by atoms with Crippen molar-refractivity contribution in [3.05, 3.63) is 71.7 Å². The standard InChI is InChI=1S/C25H25N3O5S/c1-2-13-33-21-9-3-18(4-10-21)16-22-24(30)28(25(31)34-22)17-23(29)26-19-5-7-20(8-6-19)27-11-14-32-15-12-27/h2-10,16H,1,11-15,17H2,(H,26,29)/b22-16+. The molecule has 9 heteroatoms. The van der Waals surface area contributed by atoms with Crippen LogP contribution >= 0.6 is 11.8 Å². The minimum absolute atomic E-state index is 0.271. The maximum absolute atomic E-state index is 12.7. The van der Waals surface area contributed by atoms with Gasteiger partial charge in [0.15, 0.2) is 0 Å². The van der Waals surface area contributed by atoms with Crippen molar-refractivity contribution < 1.29 is 23.9 Å². The zero-order valence-electron chi connectivity index (χ0n) is 18.6. The van der Waals surface area contributed by atoms with Crippen LogP contribution in [0.2, 0.25) is 0 Å². The van der Waals surface area contributed by atoms with E-state index in [0.717, 1.165) is 41.0 Å². The molecule has 0 spiro atoms. The second-order valence-electron chi connectivity index (χ2n) is 7.63. The lowest BCUT2D eigenvalue weighted by atomic mass is 10.2. The van der Waals surface area contributed by atoms with Crippen LogP contribution in [0.25, 0.3) is 6.08 Å². The van der Waals surface area contributed by atoms with Crippen LogP contribution in [-0.2, 0) is 14.3 Å². The van der Waals surface area contributed by atoms with E-state index in [1.807, 2.05) is 12.1 Å². The molecule has 4 rings (SSSR count). The highest BCUT2D eigenvalue weighted by Crippen LogP contribution is 2.32. The molecule has 2 aliphatic heterocycles. The molecule has 1 N–H and O–H groups in total. The number of imide groups is 1. The Morgan fingerprint density at radius 2 is 1.79 bits per heavy atom. The fourth-order valence-electron chi connectivity index (χ4n) is 3.52. The van der Waals surface area contributed by atoms with Crippen LogP contribution < -0.4 is 15.0 Å². The lowest BCUT2D eigenvalue weighted by molar-refractivity contribution is -0.127. The Morgan fingerprint density at radius 3 is 2.47 bits per heavy atom. The molecule has 2 aliphatic rings. The third-order valence-electron chi connectivity index (χ3n) is 5.25. The predicted molar refractivity (Wildman–Crippen MR) is 133 cm³/mol. The number of rotatable bonds is 8. The summed E-state index contributed by atoms with van der Waals surface area (Å²) in [5.41, 5.74) is 2.40. The average molecular weight is 480 g/mol. The van der Waals surface area contributed by atoms with Gasteiger partial charge >= 0.3 is 0 Å². The SMILES string of the molecule is C=CCOc1ccc(/C=C2/SC(=O)N(CC(=O)Nc3ccc(N4CCOCC4)cc3)C2=O)cc1. The maximum Gasteiger partial charge on any atom is 0.294 e. The number of anilines is 2. The van der Waals surface area contributed by atoms with Crippen LogP contribution in [0.15, 0.2) is 66.1 Å². The van der Waals surface area contributed by atoms with Crippen LogP contribution in [-0.4, -0.2) is 61.4 Å². The summed E-state index contributed by atoms with van der Waals surface area (Å²) in [7, 11) is 0. The summed E-state index contributed by atoms with van der Waals surface area (Å²) in [4.78, 5) is 41.0. The Kier molecular flexibility index (Phi) is 7.66. The number of morpholine rings is 1. The van der Waals surface area contributed by atoms with E-state index in [-0.39, 0.29) is 11.4 Å². The van der Waals surface area contributed by atoms with Crippen LogP contribution in [0.5, 0.6) is 5.75 Å². The number of nitrogens with zero attached hydrogens (tertiary/aromatic N) is 2. The van der Waals surface area contributed by atoms with Crippen molar-refractivity contribution in [3.8, 4) is 5.75 Å². The molecular weight excluding hydrogens is 454 g/mol. The van der Waals surface area contributed by atoms with Gasteiger partial charge in [0.2, 0.25) is 5.91 Å². The molecule has 0 saturated carbocycles. The van der Waals surface area contributed by atoms with E-state index in [0.29, 0.717) is 31.3 Å². The topological polar surface area (TPSA) is 88.2 Å². The zero-order valence-corrected chi connectivity index (χ0v) is 19.4. The zero-order chi connectivity index (χ0) is 23.9. The highest BCUT2D eigenvalue weighted by molar-refractivity contribution is 8.18. The van der Waals surface area contributed by atoms with Crippen molar-refractivity contribution in [2.24, 2.45) is 0 Å². The number of benzene rings is 2. The molecule has 0 aromatic heterocycles. The van der Waals surface area contributed by atoms with Gasteiger partial charge in [0.1, 0.15) is 18.9 Å². The van der Waals surface area contributed by atoms with Crippen molar-refractivity contribution in [1.82, 2.24) is 4.90 Å². The molecule has 34 heavy (non-hydrogen) atoms. The van der Waals surface area contributed by atoms with Gasteiger partial charge in [0, 0.05) is 24.5 Å². The lowest BCUT2D eigenvalue weighted by Crippen LogP contribution is -2.36. The Morgan fingerprint density at radius 1 is 1.09 bits per heavy atom. The first kappa shape index (κ1) is 23.6. The smallest absolute Gasteiger partial charge is 0.294 e. The van der Waals surface area contributed by atoms with E-state index in [9.17, 15) is 14.4 Å². The van der Waals surface area contributed by atoms with Gasteiger partial charge in [0.25, 0.3) is 11.1 Å². The predicted octanol–water partition coefficient (Wildman–Crippen LogP) is 3.76. The molecule has 0 radical (unpaired) electrons. The van der Waals surface area contributed by atoms with Crippen LogP contribution in [0, 0.1) is 0 Å². The van der Waals surface area contributed by atoms with Gasteiger partial charge < -0.3 is 19.7 Å². The first-order valence-electron chi connectivity index (χ1n) is 10.9.